The van der Waals surface area contributed by atoms with Crippen LogP contribution in [0.1, 0.15) is 45.1 Å². The number of carbonyl (C=O) groups excluding carboxylic acids is 1. The first-order valence-corrected chi connectivity index (χ1v) is 14.9. The van der Waals surface area contributed by atoms with Crippen LogP contribution in [0.4, 0.5) is 18.9 Å². The minimum Gasteiger partial charge on any atom is -0.493 e. The molecule has 5 aromatic rings. The smallest absolute Gasteiger partial charge is 0.417 e. The number of carbonyl (C=O) groups is 1. The molecular weight excluding hydrogens is 636 g/mol. The van der Waals surface area contributed by atoms with Crippen LogP contribution >= 0.6 is 24.0 Å². The number of rotatable bonds is 13. The number of hydrogen-bond acceptors (Lipinski definition) is 4. The van der Waals surface area contributed by atoms with Crippen molar-refractivity contribution in [1.82, 2.24) is 4.90 Å². The molecule has 0 radical (unpaired) electrons. The Kier molecular flexibility index (Phi) is 12.3. The summed E-state index contributed by atoms with van der Waals surface area (Å²) in [6, 6.07) is 34.4. The lowest BCUT2D eigenvalue weighted by molar-refractivity contribution is -0.137. The predicted molar refractivity (Wildman–Crippen MR) is 177 cm³/mol. The lowest BCUT2D eigenvalue weighted by Gasteiger charge is -2.29. The minimum atomic E-state index is -4.55. The fraction of sp³-hybridized carbons (Fsp3) is 0.194. The number of benzene rings is 4. The van der Waals surface area contributed by atoms with Gasteiger partial charge in [0.25, 0.3) is 5.91 Å². The molecule has 0 aliphatic rings. The zero-order chi connectivity index (χ0) is 31.6. The molecule has 0 spiro atoms. The second-order valence-electron chi connectivity index (χ2n) is 10.5. The van der Waals surface area contributed by atoms with E-state index in [1.54, 1.807) is 42.5 Å². The van der Waals surface area contributed by atoms with Crippen LogP contribution in [-0.2, 0) is 12.7 Å². The van der Waals surface area contributed by atoms with Crippen LogP contribution in [-0.4, -0.2) is 30.5 Å². The molecule has 0 saturated carbocycles. The van der Waals surface area contributed by atoms with Crippen molar-refractivity contribution in [1.29, 1.82) is 0 Å². The van der Waals surface area contributed by atoms with Crippen molar-refractivity contribution < 1.29 is 27.1 Å². The lowest BCUT2D eigenvalue weighted by atomic mass is 9.90. The fourth-order valence-corrected chi connectivity index (χ4v) is 5.46. The molecule has 46 heavy (non-hydrogen) atoms. The number of nitrogens with zero attached hydrogens (tertiary/aromatic N) is 1. The van der Waals surface area contributed by atoms with Crippen molar-refractivity contribution in [2.45, 2.75) is 25.1 Å². The highest BCUT2D eigenvalue weighted by atomic mass is 35.5. The molecular formula is C36H33Cl2F3N2O3. The predicted octanol–water partition coefficient (Wildman–Crippen LogP) is 9.73. The average molecular weight is 670 g/mol. The van der Waals surface area contributed by atoms with Gasteiger partial charge in [-0.2, -0.15) is 13.2 Å². The van der Waals surface area contributed by atoms with E-state index < -0.39 is 11.7 Å². The van der Waals surface area contributed by atoms with Gasteiger partial charge in [-0.1, -0.05) is 90.5 Å². The molecule has 5 rings (SSSR count). The molecule has 5 nitrogen and oxygen atoms in total. The molecule has 4 aromatic carbocycles. The first-order chi connectivity index (χ1) is 21.8. The number of nitrogens with one attached hydrogen (secondary N) is 1. The van der Waals surface area contributed by atoms with Crippen LogP contribution < -0.4 is 10.1 Å². The van der Waals surface area contributed by atoms with Crippen LogP contribution in [0.25, 0.3) is 0 Å². The summed E-state index contributed by atoms with van der Waals surface area (Å²) in [6.45, 7) is 1.67. The highest BCUT2D eigenvalue weighted by Gasteiger charge is 2.34. The highest BCUT2D eigenvalue weighted by molar-refractivity contribution is 6.32. The van der Waals surface area contributed by atoms with Crippen LogP contribution in [0.15, 0.2) is 126 Å². The number of ether oxygens (including phenoxy) is 1. The lowest BCUT2D eigenvalue weighted by Crippen LogP contribution is -2.31. The van der Waals surface area contributed by atoms with E-state index >= 15 is 0 Å². The van der Waals surface area contributed by atoms with Gasteiger partial charge in [-0.15, -0.1) is 12.4 Å². The van der Waals surface area contributed by atoms with Gasteiger partial charge in [0.05, 0.1) is 23.5 Å². The molecule has 0 aliphatic heterocycles. The number of amides is 1. The van der Waals surface area contributed by atoms with E-state index in [1.807, 2.05) is 36.4 Å². The van der Waals surface area contributed by atoms with Gasteiger partial charge >= 0.3 is 6.18 Å². The molecule has 0 bridgehead atoms. The number of alkyl halides is 3. The van der Waals surface area contributed by atoms with Crippen molar-refractivity contribution in [2.75, 3.05) is 25.0 Å². The van der Waals surface area contributed by atoms with Gasteiger partial charge in [-0.3, -0.25) is 9.69 Å². The molecule has 1 N–H and O–H groups in total. The monoisotopic (exact) mass is 668 g/mol. The third-order valence-electron chi connectivity index (χ3n) is 7.35. The maximum absolute atomic E-state index is 13.7. The first-order valence-electron chi connectivity index (χ1n) is 14.5. The van der Waals surface area contributed by atoms with E-state index in [0.29, 0.717) is 43.1 Å². The third-order valence-corrected chi connectivity index (χ3v) is 7.79. The van der Waals surface area contributed by atoms with E-state index in [9.17, 15) is 18.0 Å². The summed E-state index contributed by atoms with van der Waals surface area (Å²) in [5, 5.41) is 2.50. The zero-order valence-corrected chi connectivity index (χ0v) is 26.3. The maximum Gasteiger partial charge on any atom is 0.417 e. The Morgan fingerprint density at radius 3 is 2.17 bits per heavy atom. The summed E-state index contributed by atoms with van der Waals surface area (Å²) in [5.74, 6) is 0.387. The quantitative estimate of drug-likeness (QED) is 0.127. The van der Waals surface area contributed by atoms with Gasteiger partial charge in [-0.05, 0) is 53.4 Å². The van der Waals surface area contributed by atoms with E-state index in [0.717, 1.165) is 17.2 Å². The normalized spacial score (nSPS) is 11.3. The maximum atomic E-state index is 13.7. The summed E-state index contributed by atoms with van der Waals surface area (Å²) in [4.78, 5) is 14.5. The topological polar surface area (TPSA) is 54.7 Å². The van der Waals surface area contributed by atoms with Gasteiger partial charge in [0.2, 0.25) is 0 Å². The number of halogens is 5. The largest absolute Gasteiger partial charge is 0.493 e. The molecule has 0 unspecified atom stereocenters. The van der Waals surface area contributed by atoms with Crippen molar-refractivity contribution in [2.24, 2.45) is 0 Å². The second kappa shape index (κ2) is 16.4. The second-order valence-corrected chi connectivity index (χ2v) is 10.9. The van der Waals surface area contributed by atoms with Crippen molar-refractivity contribution >= 4 is 35.6 Å². The molecule has 0 atom stereocenters. The fourth-order valence-electron chi connectivity index (χ4n) is 5.17. The Morgan fingerprint density at radius 2 is 1.54 bits per heavy atom. The van der Waals surface area contributed by atoms with Crippen molar-refractivity contribution in [3.8, 4) is 5.75 Å². The number of anilines is 1. The molecule has 1 heterocycles. The van der Waals surface area contributed by atoms with Crippen LogP contribution in [0, 0.1) is 0 Å². The van der Waals surface area contributed by atoms with Gasteiger partial charge in [0.1, 0.15) is 5.75 Å². The molecule has 1 aromatic heterocycles. The van der Waals surface area contributed by atoms with E-state index in [4.69, 9.17) is 20.8 Å². The Morgan fingerprint density at radius 1 is 0.870 bits per heavy atom. The van der Waals surface area contributed by atoms with E-state index in [1.165, 1.54) is 12.3 Å². The molecule has 240 valence electrons. The number of hydrogen-bond donors (Lipinski definition) is 1. The Hall–Kier alpha value is -4.24. The van der Waals surface area contributed by atoms with Gasteiger partial charge in [0.15, 0.2) is 5.76 Å². The van der Waals surface area contributed by atoms with Crippen LogP contribution in [0.3, 0.4) is 0 Å². The third kappa shape index (κ3) is 9.39. The summed E-state index contributed by atoms with van der Waals surface area (Å²) in [7, 11) is 0. The summed E-state index contributed by atoms with van der Waals surface area (Å²) in [6.07, 6.45) is -2.52. The van der Waals surface area contributed by atoms with Crippen molar-refractivity contribution in [3.63, 3.8) is 0 Å². The summed E-state index contributed by atoms with van der Waals surface area (Å²) >= 11 is 6.33. The van der Waals surface area contributed by atoms with Crippen LogP contribution in [0.2, 0.25) is 5.02 Å². The Balaban J connectivity index is 0.00000480. The molecule has 1 amide bonds. The molecule has 0 fully saturated rings. The number of furan rings is 1. The molecule has 0 saturated heterocycles. The summed E-state index contributed by atoms with van der Waals surface area (Å²) < 4.78 is 52.1. The van der Waals surface area contributed by atoms with Crippen LogP contribution in [0.5, 0.6) is 5.75 Å². The average Bonchev–Trinajstić information content (AvgIpc) is 3.59. The summed E-state index contributed by atoms with van der Waals surface area (Å²) in [5.41, 5.74) is 2.34. The molecule has 10 heteroatoms. The Labute approximate surface area is 277 Å². The van der Waals surface area contributed by atoms with E-state index in [2.05, 4.69) is 34.5 Å². The Bertz CT molecular complexity index is 1630. The zero-order valence-electron chi connectivity index (χ0n) is 24.8. The van der Waals surface area contributed by atoms with Gasteiger partial charge < -0.3 is 14.5 Å². The standard InChI is InChI=1S/C36H32ClF3N2O3.ClH/c37-34-28(15-7-18-32(34)36(38,39)40)24-42(25-31(26-11-3-1-4-12-26)27-13-5-2-6-14-27)20-10-22-44-30-17-8-16-29(23-30)41-35(43)33-19-9-21-45-33;/h1-9,11-19,21,23,31H,10,20,22,24-25H2,(H,41,43);1H. The minimum absolute atomic E-state index is 0. The SMILES string of the molecule is Cl.O=C(Nc1cccc(OCCCN(Cc2cccc(C(F)(F)F)c2Cl)CC(c2ccccc2)c2ccccc2)c1)c1ccco1. The molecule has 0 aliphatic carbocycles. The first kappa shape index (κ1) is 34.6. The van der Waals surface area contributed by atoms with Gasteiger partial charge in [-0.25, -0.2) is 0 Å². The highest BCUT2D eigenvalue weighted by Crippen LogP contribution is 2.37. The van der Waals surface area contributed by atoms with Gasteiger partial charge in [0, 0.05) is 37.3 Å². The van der Waals surface area contributed by atoms with Crippen molar-refractivity contribution in [3.05, 3.63) is 155 Å². The van der Waals surface area contributed by atoms with E-state index in [-0.39, 0.29) is 41.6 Å².